The van der Waals surface area contributed by atoms with Crippen LogP contribution in [0.15, 0.2) is 36.4 Å². The van der Waals surface area contributed by atoms with E-state index in [2.05, 4.69) is 0 Å². The van der Waals surface area contributed by atoms with Crippen molar-refractivity contribution >= 4 is 11.4 Å². The molecule has 5 nitrogen and oxygen atoms in total. The maximum atomic E-state index is 13.0. The molecule has 0 bridgehead atoms. The van der Waals surface area contributed by atoms with Crippen molar-refractivity contribution in [2.75, 3.05) is 5.73 Å². The zero-order chi connectivity index (χ0) is 14.0. The number of hydrogen-bond acceptors (Lipinski definition) is 4. The molecule has 0 saturated carbocycles. The third kappa shape index (κ3) is 2.59. The predicted octanol–water partition coefficient (Wildman–Crippen LogP) is 3.25. The van der Waals surface area contributed by atoms with E-state index in [0.29, 0.717) is 0 Å². The molecule has 0 radical (unpaired) electrons. The van der Waals surface area contributed by atoms with Crippen LogP contribution in [0.4, 0.5) is 20.2 Å². The third-order valence-electron chi connectivity index (χ3n) is 2.33. The Bertz CT molecular complexity index is 647. The van der Waals surface area contributed by atoms with E-state index in [9.17, 15) is 18.9 Å². The highest BCUT2D eigenvalue weighted by molar-refractivity contribution is 5.66. The molecular formula is C12H8F2N2O3. The molecule has 0 aliphatic rings. The van der Waals surface area contributed by atoms with Gasteiger partial charge in [-0.05, 0) is 24.3 Å². The number of hydrogen-bond donors (Lipinski definition) is 1. The summed E-state index contributed by atoms with van der Waals surface area (Å²) in [5.74, 6) is -2.35. The minimum absolute atomic E-state index is 0.0624. The van der Waals surface area contributed by atoms with Crippen LogP contribution in [-0.2, 0) is 0 Å². The highest BCUT2D eigenvalue weighted by Crippen LogP contribution is 2.35. The zero-order valence-electron chi connectivity index (χ0n) is 9.47. The van der Waals surface area contributed by atoms with Gasteiger partial charge >= 0.3 is 5.69 Å². The van der Waals surface area contributed by atoms with Crippen LogP contribution in [0.25, 0.3) is 0 Å². The summed E-state index contributed by atoms with van der Waals surface area (Å²) in [6.45, 7) is 0. The Labute approximate surface area is 106 Å². The second kappa shape index (κ2) is 4.89. The Morgan fingerprint density at radius 2 is 1.89 bits per heavy atom. The SMILES string of the molecule is Nc1cccc(Oc2ccc(F)c(F)c2)c1[N+](=O)[O-]. The monoisotopic (exact) mass is 266 g/mol. The molecule has 0 atom stereocenters. The van der Waals surface area contributed by atoms with Crippen molar-refractivity contribution in [1.82, 2.24) is 0 Å². The molecular weight excluding hydrogens is 258 g/mol. The predicted molar refractivity (Wildman–Crippen MR) is 63.9 cm³/mol. The lowest BCUT2D eigenvalue weighted by Gasteiger charge is -2.07. The largest absolute Gasteiger partial charge is 0.450 e. The molecule has 7 heteroatoms. The van der Waals surface area contributed by atoms with Crippen LogP contribution in [0.1, 0.15) is 0 Å². The fraction of sp³-hybridized carbons (Fsp3) is 0. The smallest absolute Gasteiger partial charge is 0.334 e. The number of nitro benzene ring substituents is 1. The normalized spacial score (nSPS) is 10.2. The standard InChI is InChI=1S/C12H8F2N2O3/c13-8-5-4-7(6-9(8)14)19-11-3-1-2-10(15)12(11)16(17)18/h1-6H,15H2. The number of rotatable bonds is 3. The third-order valence-corrected chi connectivity index (χ3v) is 2.33. The van der Waals surface area contributed by atoms with Gasteiger partial charge in [0.05, 0.1) is 4.92 Å². The first-order chi connectivity index (χ1) is 8.99. The minimum atomic E-state index is -1.11. The first kappa shape index (κ1) is 12.7. The van der Waals surface area contributed by atoms with Crippen molar-refractivity contribution in [2.45, 2.75) is 0 Å². The summed E-state index contributed by atoms with van der Waals surface area (Å²) >= 11 is 0. The second-order valence-corrected chi connectivity index (χ2v) is 3.63. The van der Waals surface area contributed by atoms with Crippen molar-refractivity contribution < 1.29 is 18.4 Å². The first-order valence-electron chi connectivity index (χ1n) is 5.15. The topological polar surface area (TPSA) is 78.4 Å². The van der Waals surface area contributed by atoms with E-state index >= 15 is 0 Å². The summed E-state index contributed by atoms with van der Waals surface area (Å²) < 4.78 is 30.9. The number of benzene rings is 2. The highest BCUT2D eigenvalue weighted by Gasteiger charge is 2.19. The van der Waals surface area contributed by atoms with Crippen molar-refractivity contribution in [3.8, 4) is 11.5 Å². The van der Waals surface area contributed by atoms with Gasteiger partial charge in [-0.2, -0.15) is 0 Å². The van der Waals surface area contributed by atoms with Gasteiger partial charge in [-0.25, -0.2) is 8.78 Å². The van der Waals surface area contributed by atoms with Crippen molar-refractivity contribution in [2.24, 2.45) is 0 Å². The fourth-order valence-electron chi connectivity index (χ4n) is 1.48. The van der Waals surface area contributed by atoms with Crippen LogP contribution in [0.5, 0.6) is 11.5 Å². The molecule has 2 N–H and O–H groups in total. The van der Waals surface area contributed by atoms with Crippen LogP contribution in [0, 0.1) is 21.7 Å². The Morgan fingerprint density at radius 1 is 1.16 bits per heavy atom. The van der Waals surface area contributed by atoms with Crippen molar-refractivity contribution in [3.63, 3.8) is 0 Å². The van der Waals surface area contributed by atoms with E-state index in [-0.39, 0.29) is 17.2 Å². The van der Waals surface area contributed by atoms with E-state index in [4.69, 9.17) is 10.5 Å². The molecule has 0 aromatic heterocycles. The number of nitrogens with zero attached hydrogens (tertiary/aromatic N) is 1. The van der Waals surface area contributed by atoms with Crippen LogP contribution >= 0.6 is 0 Å². The zero-order valence-corrected chi connectivity index (χ0v) is 9.47. The minimum Gasteiger partial charge on any atom is -0.450 e. The van der Waals surface area contributed by atoms with E-state index in [1.54, 1.807) is 0 Å². The second-order valence-electron chi connectivity index (χ2n) is 3.63. The molecule has 0 spiro atoms. The van der Waals surface area contributed by atoms with Gasteiger partial charge in [-0.1, -0.05) is 6.07 Å². The van der Waals surface area contributed by atoms with E-state index in [1.807, 2.05) is 0 Å². The van der Waals surface area contributed by atoms with Gasteiger partial charge in [0.25, 0.3) is 0 Å². The quantitative estimate of drug-likeness (QED) is 0.525. The Balaban J connectivity index is 2.40. The molecule has 0 amide bonds. The number of nitrogen functional groups attached to an aromatic ring is 1. The van der Waals surface area contributed by atoms with E-state index < -0.39 is 22.2 Å². The van der Waals surface area contributed by atoms with Gasteiger partial charge in [0.2, 0.25) is 5.75 Å². The fourth-order valence-corrected chi connectivity index (χ4v) is 1.48. The first-order valence-corrected chi connectivity index (χ1v) is 5.15. The molecule has 0 saturated heterocycles. The summed E-state index contributed by atoms with van der Waals surface area (Å²) in [7, 11) is 0. The summed E-state index contributed by atoms with van der Waals surface area (Å²) in [5, 5.41) is 10.9. The number of halogens is 2. The van der Waals surface area contributed by atoms with Gasteiger partial charge in [-0.3, -0.25) is 10.1 Å². The molecule has 0 heterocycles. The number of nitro groups is 1. The maximum absolute atomic E-state index is 13.0. The molecule has 0 aliphatic heterocycles. The highest BCUT2D eigenvalue weighted by atomic mass is 19.2. The van der Waals surface area contributed by atoms with Gasteiger partial charge in [-0.15, -0.1) is 0 Å². The van der Waals surface area contributed by atoms with Crippen LogP contribution in [0.3, 0.4) is 0 Å². The van der Waals surface area contributed by atoms with Crippen LogP contribution in [-0.4, -0.2) is 4.92 Å². The van der Waals surface area contributed by atoms with E-state index in [0.717, 1.165) is 18.2 Å². The lowest BCUT2D eigenvalue weighted by atomic mass is 10.2. The summed E-state index contributed by atoms with van der Waals surface area (Å²) in [5.41, 5.74) is 4.97. The summed E-state index contributed by atoms with van der Waals surface area (Å²) in [6.07, 6.45) is 0. The Morgan fingerprint density at radius 3 is 2.53 bits per heavy atom. The van der Waals surface area contributed by atoms with Gasteiger partial charge < -0.3 is 10.5 Å². The molecule has 0 fully saturated rings. The Hall–Kier alpha value is -2.70. The summed E-state index contributed by atoms with van der Waals surface area (Å²) in [6, 6.07) is 6.93. The Kier molecular flexibility index (Phi) is 3.28. The van der Waals surface area contributed by atoms with Gasteiger partial charge in [0.1, 0.15) is 11.4 Å². The number of anilines is 1. The lowest BCUT2D eigenvalue weighted by molar-refractivity contribution is -0.384. The van der Waals surface area contributed by atoms with Crippen LogP contribution in [0.2, 0.25) is 0 Å². The number of para-hydroxylation sites is 1. The lowest BCUT2D eigenvalue weighted by Crippen LogP contribution is -1.98. The number of ether oxygens (including phenoxy) is 1. The number of nitrogens with two attached hydrogens (primary N) is 1. The average Bonchev–Trinajstić information content (AvgIpc) is 2.33. The van der Waals surface area contributed by atoms with Gasteiger partial charge in [0, 0.05) is 6.07 Å². The molecule has 0 unspecified atom stereocenters. The van der Waals surface area contributed by atoms with Crippen molar-refractivity contribution in [3.05, 3.63) is 58.1 Å². The molecule has 2 aromatic rings. The molecule has 19 heavy (non-hydrogen) atoms. The maximum Gasteiger partial charge on any atom is 0.334 e. The molecule has 2 aromatic carbocycles. The van der Waals surface area contributed by atoms with Crippen molar-refractivity contribution in [1.29, 1.82) is 0 Å². The summed E-state index contributed by atoms with van der Waals surface area (Å²) in [4.78, 5) is 10.2. The van der Waals surface area contributed by atoms with Crippen LogP contribution < -0.4 is 10.5 Å². The molecule has 0 aliphatic carbocycles. The molecule has 98 valence electrons. The molecule has 2 rings (SSSR count). The van der Waals surface area contributed by atoms with E-state index in [1.165, 1.54) is 18.2 Å². The van der Waals surface area contributed by atoms with Gasteiger partial charge in [0.15, 0.2) is 11.6 Å². The average molecular weight is 266 g/mol.